The standard InChI is InChI=1S/C19H30N2O3S/c1-6-19(4,5)20-18(22)16-8-7-9-17(11-16)25(23,24)21-12-14(2)10-15(3)13-21/h7-9,11,14-15H,6,10,12-13H2,1-5H3,(H,20,22). The number of nitrogens with zero attached hydrogens (tertiary/aromatic N) is 1. The van der Waals surface area contributed by atoms with Gasteiger partial charge in [-0.1, -0.05) is 26.8 Å². The van der Waals surface area contributed by atoms with Crippen LogP contribution in [0.2, 0.25) is 0 Å². The van der Waals surface area contributed by atoms with Gasteiger partial charge in [-0.05, 0) is 56.7 Å². The molecule has 140 valence electrons. The second-order valence-electron chi connectivity index (χ2n) is 7.99. The molecule has 1 aromatic carbocycles. The van der Waals surface area contributed by atoms with Crippen LogP contribution in [-0.4, -0.2) is 37.3 Å². The molecular weight excluding hydrogens is 336 g/mol. The first kappa shape index (κ1) is 19.9. The highest BCUT2D eigenvalue weighted by atomic mass is 32.2. The summed E-state index contributed by atoms with van der Waals surface area (Å²) in [6, 6.07) is 6.35. The quantitative estimate of drug-likeness (QED) is 0.870. The first-order chi connectivity index (χ1) is 11.5. The van der Waals surface area contributed by atoms with Gasteiger partial charge in [-0.25, -0.2) is 8.42 Å². The van der Waals surface area contributed by atoms with Gasteiger partial charge in [0.05, 0.1) is 4.90 Å². The molecule has 6 heteroatoms. The molecule has 5 nitrogen and oxygen atoms in total. The molecule has 1 N–H and O–H groups in total. The van der Waals surface area contributed by atoms with Crippen molar-refractivity contribution in [2.75, 3.05) is 13.1 Å². The molecule has 25 heavy (non-hydrogen) atoms. The Morgan fingerprint density at radius 3 is 2.40 bits per heavy atom. The summed E-state index contributed by atoms with van der Waals surface area (Å²) in [4.78, 5) is 12.6. The Labute approximate surface area is 151 Å². The number of rotatable bonds is 5. The number of carbonyl (C=O) groups is 1. The molecule has 0 aromatic heterocycles. The maximum atomic E-state index is 13.0. The minimum Gasteiger partial charge on any atom is -0.347 e. The summed E-state index contributed by atoms with van der Waals surface area (Å²) in [5.41, 5.74) is 0.0460. The third-order valence-electron chi connectivity index (χ3n) is 4.91. The molecule has 0 aliphatic carbocycles. The van der Waals surface area contributed by atoms with Crippen LogP contribution in [0.4, 0.5) is 0 Å². The van der Waals surface area contributed by atoms with E-state index in [-0.39, 0.29) is 16.3 Å². The number of carbonyl (C=O) groups excluding carboxylic acids is 1. The molecule has 1 amide bonds. The lowest BCUT2D eigenvalue weighted by Gasteiger charge is -2.34. The van der Waals surface area contributed by atoms with Crippen molar-refractivity contribution in [2.24, 2.45) is 11.8 Å². The van der Waals surface area contributed by atoms with Gasteiger partial charge >= 0.3 is 0 Å². The number of hydrogen-bond donors (Lipinski definition) is 1. The van der Waals surface area contributed by atoms with Crippen molar-refractivity contribution in [1.29, 1.82) is 0 Å². The number of sulfonamides is 1. The monoisotopic (exact) mass is 366 g/mol. The van der Waals surface area contributed by atoms with Gasteiger partial charge in [-0.15, -0.1) is 0 Å². The Morgan fingerprint density at radius 2 is 1.84 bits per heavy atom. The van der Waals surface area contributed by atoms with Crippen molar-refractivity contribution in [1.82, 2.24) is 9.62 Å². The Balaban J connectivity index is 2.27. The minimum atomic E-state index is -3.58. The van der Waals surface area contributed by atoms with Gasteiger partial charge in [0.25, 0.3) is 5.91 Å². The topological polar surface area (TPSA) is 66.5 Å². The molecule has 1 aliphatic rings. The summed E-state index contributed by atoms with van der Waals surface area (Å²) >= 11 is 0. The van der Waals surface area contributed by atoms with Gasteiger partial charge in [0.1, 0.15) is 0 Å². The molecule has 2 unspecified atom stereocenters. The molecule has 2 atom stereocenters. The molecule has 0 spiro atoms. The van der Waals surface area contributed by atoms with Crippen molar-refractivity contribution in [3.05, 3.63) is 29.8 Å². The first-order valence-electron chi connectivity index (χ1n) is 8.98. The lowest BCUT2D eigenvalue weighted by Crippen LogP contribution is -2.43. The second-order valence-corrected chi connectivity index (χ2v) is 9.93. The maximum Gasteiger partial charge on any atom is 0.251 e. The fraction of sp³-hybridized carbons (Fsp3) is 0.632. The van der Waals surface area contributed by atoms with E-state index in [2.05, 4.69) is 19.2 Å². The summed E-state index contributed by atoms with van der Waals surface area (Å²) in [6.45, 7) is 11.1. The number of benzene rings is 1. The molecule has 1 aromatic rings. The van der Waals surface area contributed by atoms with Crippen molar-refractivity contribution >= 4 is 15.9 Å². The molecular formula is C19H30N2O3S. The predicted molar refractivity (Wildman–Crippen MR) is 100.0 cm³/mol. The summed E-state index contributed by atoms with van der Waals surface area (Å²) in [5.74, 6) is 0.440. The van der Waals surface area contributed by atoms with Crippen molar-refractivity contribution in [2.45, 2.75) is 57.9 Å². The second kappa shape index (κ2) is 7.46. The Morgan fingerprint density at radius 1 is 1.24 bits per heavy atom. The molecule has 0 saturated carbocycles. The van der Waals surface area contributed by atoms with E-state index in [1.807, 2.05) is 20.8 Å². The van der Waals surface area contributed by atoms with E-state index in [9.17, 15) is 13.2 Å². The number of piperidine rings is 1. The largest absolute Gasteiger partial charge is 0.347 e. The van der Waals surface area contributed by atoms with Crippen LogP contribution in [0.15, 0.2) is 29.2 Å². The average molecular weight is 367 g/mol. The smallest absolute Gasteiger partial charge is 0.251 e. The van der Waals surface area contributed by atoms with Crippen LogP contribution in [0.5, 0.6) is 0 Å². The molecule has 0 radical (unpaired) electrons. The number of nitrogens with one attached hydrogen (secondary N) is 1. The van der Waals surface area contributed by atoms with Gasteiger partial charge < -0.3 is 5.32 Å². The molecule has 1 aliphatic heterocycles. The van der Waals surface area contributed by atoms with Crippen LogP contribution < -0.4 is 5.32 Å². The van der Waals surface area contributed by atoms with E-state index in [4.69, 9.17) is 0 Å². The minimum absolute atomic E-state index is 0.191. The molecule has 1 fully saturated rings. The third kappa shape index (κ3) is 4.82. The van der Waals surface area contributed by atoms with Crippen LogP contribution in [0, 0.1) is 11.8 Å². The van der Waals surface area contributed by atoms with E-state index in [1.54, 1.807) is 22.5 Å². The summed E-state index contributed by atoms with van der Waals surface area (Å²) in [5, 5.41) is 2.95. The van der Waals surface area contributed by atoms with Gasteiger partial charge in [0, 0.05) is 24.2 Å². The van der Waals surface area contributed by atoms with E-state index in [1.165, 1.54) is 6.07 Å². The van der Waals surface area contributed by atoms with E-state index in [0.29, 0.717) is 30.5 Å². The van der Waals surface area contributed by atoms with Crippen molar-refractivity contribution in [3.63, 3.8) is 0 Å². The summed E-state index contributed by atoms with van der Waals surface area (Å²) < 4.78 is 27.5. The highest BCUT2D eigenvalue weighted by molar-refractivity contribution is 7.89. The lowest BCUT2D eigenvalue weighted by molar-refractivity contribution is 0.0911. The van der Waals surface area contributed by atoms with Crippen molar-refractivity contribution in [3.8, 4) is 0 Å². The van der Waals surface area contributed by atoms with Crippen LogP contribution in [0.3, 0.4) is 0 Å². The predicted octanol–water partition coefficient (Wildman–Crippen LogP) is 3.27. The zero-order valence-corrected chi connectivity index (χ0v) is 16.7. The fourth-order valence-corrected chi connectivity index (χ4v) is 4.94. The highest BCUT2D eigenvalue weighted by Crippen LogP contribution is 2.27. The average Bonchev–Trinajstić information content (AvgIpc) is 2.53. The van der Waals surface area contributed by atoms with Gasteiger partial charge in [0.15, 0.2) is 0 Å². The molecule has 0 bridgehead atoms. The Hall–Kier alpha value is -1.40. The highest BCUT2D eigenvalue weighted by Gasteiger charge is 2.32. The van der Waals surface area contributed by atoms with Crippen LogP contribution >= 0.6 is 0 Å². The van der Waals surface area contributed by atoms with E-state index in [0.717, 1.165) is 12.8 Å². The molecule has 2 rings (SSSR count). The van der Waals surface area contributed by atoms with Crippen molar-refractivity contribution < 1.29 is 13.2 Å². The number of amides is 1. The maximum absolute atomic E-state index is 13.0. The van der Waals surface area contributed by atoms with Crippen LogP contribution in [0.25, 0.3) is 0 Å². The molecule has 1 saturated heterocycles. The zero-order chi connectivity index (χ0) is 18.8. The summed E-state index contributed by atoms with van der Waals surface area (Å²) in [7, 11) is -3.58. The normalized spacial score (nSPS) is 22.6. The number of hydrogen-bond acceptors (Lipinski definition) is 3. The van der Waals surface area contributed by atoms with Gasteiger partial charge in [-0.2, -0.15) is 4.31 Å². The van der Waals surface area contributed by atoms with Crippen LogP contribution in [0.1, 0.15) is 57.8 Å². The van der Waals surface area contributed by atoms with Gasteiger partial charge in [0.2, 0.25) is 10.0 Å². The SMILES string of the molecule is CCC(C)(C)NC(=O)c1cccc(S(=O)(=O)N2CC(C)CC(C)C2)c1. The third-order valence-corrected chi connectivity index (χ3v) is 6.73. The molecule has 1 heterocycles. The fourth-order valence-electron chi connectivity index (χ4n) is 3.22. The van der Waals surface area contributed by atoms with E-state index >= 15 is 0 Å². The lowest BCUT2D eigenvalue weighted by atomic mass is 9.94. The first-order valence-corrected chi connectivity index (χ1v) is 10.4. The Bertz CT molecular complexity index is 718. The Kier molecular flexibility index (Phi) is 5.94. The van der Waals surface area contributed by atoms with Crippen LogP contribution in [-0.2, 0) is 10.0 Å². The zero-order valence-electron chi connectivity index (χ0n) is 15.9. The van der Waals surface area contributed by atoms with Gasteiger partial charge in [-0.3, -0.25) is 4.79 Å². The summed E-state index contributed by atoms with van der Waals surface area (Å²) in [6.07, 6.45) is 1.83. The van der Waals surface area contributed by atoms with E-state index < -0.39 is 10.0 Å².